The molecule has 1 aliphatic carbocycles. The molecule has 2 fully saturated rings. The summed E-state index contributed by atoms with van der Waals surface area (Å²) in [6.45, 7) is 1.63. The van der Waals surface area contributed by atoms with E-state index >= 15 is 0 Å². The molecule has 226 valence electrons. The Labute approximate surface area is 255 Å². The van der Waals surface area contributed by atoms with Crippen molar-refractivity contribution >= 4 is 42.1 Å². The van der Waals surface area contributed by atoms with Crippen LogP contribution in [-0.4, -0.2) is 46.9 Å². The van der Waals surface area contributed by atoms with Crippen LogP contribution in [0.2, 0.25) is 6.32 Å². The number of para-hydroxylation sites is 1. The molecule has 0 unspecified atom stereocenters. The van der Waals surface area contributed by atoms with Gasteiger partial charge in [0.1, 0.15) is 0 Å². The number of carbonyl (C=O) groups excluding carboxylic acids is 2. The molecule has 0 aromatic heterocycles. The summed E-state index contributed by atoms with van der Waals surface area (Å²) in [5, 5.41) is 33.9. The second-order valence-corrected chi connectivity index (χ2v) is 11.8. The number of amides is 2. The fraction of sp³-hybridized carbons (Fsp3) is 0.294. The first-order valence-electron chi connectivity index (χ1n) is 14.8. The Hall–Kier alpha value is -4.25. The minimum atomic E-state index is -1.12. The maximum Gasteiger partial charge on any atom is 0.455 e. The Balaban J connectivity index is 1.21. The first-order valence-corrected chi connectivity index (χ1v) is 14.8. The number of rotatable bonds is 8. The van der Waals surface area contributed by atoms with Crippen molar-refractivity contribution in [1.82, 2.24) is 0 Å². The number of aromatic hydroxyl groups is 1. The average molecular weight is 596 g/mol. The molecule has 8 nitrogen and oxygen atoms in total. The highest BCUT2D eigenvalue weighted by Gasteiger charge is 2.57. The van der Waals surface area contributed by atoms with Crippen LogP contribution >= 0.6 is 0 Å². The van der Waals surface area contributed by atoms with Crippen LogP contribution in [0.1, 0.15) is 31.7 Å². The standard InChI is InChI=1S/C34H34BFN2O6/c1-20(15-21-8-13-29(40)28(36)16-21)7-14-30-31-22(19-39)17-26-32(27(31)18-35(43)44-30)34(42)38(33(26)41)25-11-9-24(10-12-25)37-23-5-3-2-4-6-23/h2-6,8-13,15-16,26-27,30,32,37,39-40,43H,7,14,17-19H2,1H3/b20-15+/t26-,27+,30-,32-/m1/s1. The zero-order valence-electron chi connectivity index (χ0n) is 24.3. The van der Waals surface area contributed by atoms with Crippen LogP contribution in [0.4, 0.5) is 21.5 Å². The topological polar surface area (TPSA) is 119 Å². The molecule has 0 bridgehead atoms. The lowest BCUT2D eigenvalue weighted by molar-refractivity contribution is -0.122. The molecule has 4 N–H and O–H groups in total. The maximum atomic E-state index is 13.9. The third-order valence-corrected chi connectivity index (χ3v) is 8.87. The van der Waals surface area contributed by atoms with Gasteiger partial charge in [-0.15, -0.1) is 0 Å². The van der Waals surface area contributed by atoms with E-state index in [1.807, 2.05) is 55.5 Å². The smallest absolute Gasteiger partial charge is 0.455 e. The van der Waals surface area contributed by atoms with Crippen molar-refractivity contribution in [3.05, 3.63) is 101 Å². The molecule has 44 heavy (non-hydrogen) atoms. The fourth-order valence-electron chi connectivity index (χ4n) is 6.87. The van der Waals surface area contributed by atoms with Gasteiger partial charge in [-0.2, -0.15) is 0 Å². The van der Waals surface area contributed by atoms with Gasteiger partial charge in [-0.05, 0) is 104 Å². The van der Waals surface area contributed by atoms with Gasteiger partial charge in [0.05, 0.1) is 30.2 Å². The number of hydrogen-bond donors (Lipinski definition) is 4. The van der Waals surface area contributed by atoms with Crippen molar-refractivity contribution in [1.29, 1.82) is 0 Å². The summed E-state index contributed by atoms with van der Waals surface area (Å²) in [6, 6.07) is 21.0. The van der Waals surface area contributed by atoms with Crippen LogP contribution in [0.3, 0.4) is 0 Å². The highest BCUT2D eigenvalue weighted by Crippen LogP contribution is 2.51. The third-order valence-electron chi connectivity index (χ3n) is 8.87. The lowest BCUT2D eigenvalue weighted by atomic mass is 9.58. The summed E-state index contributed by atoms with van der Waals surface area (Å²) >= 11 is 0. The Kier molecular flexibility index (Phi) is 8.40. The zero-order chi connectivity index (χ0) is 31.0. The number of phenols is 1. The molecule has 3 aromatic rings. The highest BCUT2D eigenvalue weighted by atomic mass is 19.1. The number of nitrogens with one attached hydrogen (secondary N) is 1. The number of aliphatic hydroxyl groups is 1. The molecule has 0 saturated carbocycles. The number of benzene rings is 3. The van der Waals surface area contributed by atoms with Crippen LogP contribution in [0.15, 0.2) is 89.5 Å². The number of halogens is 1. The molecule has 6 rings (SSSR count). The molecular weight excluding hydrogens is 562 g/mol. The molecule has 2 amide bonds. The van der Waals surface area contributed by atoms with Crippen LogP contribution in [-0.2, 0) is 14.2 Å². The number of fused-ring (bicyclic) bond motifs is 3. The summed E-state index contributed by atoms with van der Waals surface area (Å²) in [7, 11) is -1.12. The van der Waals surface area contributed by atoms with Gasteiger partial charge in [0.2, 0.25) is 11.8 Å². The predicted molar refractivity (Wildman–Crippen MR) is 166 cm³/mol. The second kappa shape index (κ2) is 12.4. The molecule has 4 atom stereocenters. The molecule has 2 saturated heterocycles. The Morgan fingerprint density at radius 3 is 2.48 bits per heavy atom. The number of hydrogen-bond acceptors (Lipinski definition) is 7. The zero-order valence-corrected chi connectivity index (χ0v) is 24.3. The molecule has 3 aliphatic rings. The number of nitrogens with zero attached hydrogens (tertiary/aromatic N) is 1. The summed E-state index contributed by atoms with van der Waals surface area (Å²) in [4.78, 5) is 28.9. The van der Waals surface area contributed by atoms with E-state index in [0.717, 1.165) is 22.5 Å². The van der Waals surface area contributed by atoms with Gasteiger partial charge in [0, 0.05) is 11.4 Å². The fourth-order valence-corrected chi connectivity index (χ4v) is 6.87. The van der Waals surface area contributed by atoms with Crippen molar-refractivity contribution in [2.75, 3.05) is 16.8 Å². The van der Waals surface area contributed by atoms with E-state index in [4.69, 9.17) is 4.65 Å². The van der Waals surface area contributed by atoms with E-state index in [-0.39, 0.29) is 31.2 Å². The number of imide groups is 1. The van der Waals surface area contributed by atoms with Gasteiger partial charge in [-0.3, -0.25) is 14.5 Å². The van der Waals surface area contributed by atoms with Crippen LogP contribution in [0.25, 0.3) is 6.08 Å². The number of phenolic OH excluding ortho intramolecular Hbond substituents is 1. The Morgan fingerprint density at radius 1 is 1.05 bits per heavy atom. The first kappa shape index (κ1) is 29.8. The molecular formula is C34H34BFN2O6. The SMILES string of the molecule is C/C(=C\c1ccc(O)c(F)c1)CC[C@H]1OB(O)C[C@H]2C1=C(CO)C[C@H]1C(=O)N(c3ccc(Nc4ccccc4)cc3)C(=O)[C@H]12. The van der Waals surface area contributed by atoms with Crippen molar-refractivity contribution in [2.24, 2.45) is 17.8 Å². The van der Waals surface area contributed by atoms with E-state index in [9.17, 15) is 29.2 Å². The van der Waals surface area contributed by atoms with Gasteiger partial charge in [-0.1, -0.05) is 35.9 Å². The quantitative estimate of drug-likeness (QED) is 0.155. The van der Waals surface area contributed by atoms with E-state index in [1.165, 1.54) is 17.0 Å². The van der Waals surface area contributed by atoms with Gasteiger partial charge in [0.15, 0.2) is 11.6 Å². The molecule has 3 aromatic carbocycles. The lowest BCUT2D eigenvalue weighted by Gasteiger charge is -2.42. The summed E-state index contributed by atoms with van der Waals surface area (Å²) < 4.78 is 19.8. The summed E-state index contributed by atoms with van der Waals surface area (Å²) in [5.74, 6) is -3.45. The average Bonchev–Trinajstić information content (AvgIpc) is 3.27. The van der Waals surface area contributed by atoms with Crippen molar-refractivity contribution < 1.29 is 33.9 Å². The van der Waals surface area contributed by atoms with Crippen molar-refractivity contribution in [3.8, 4) is 5.75 Å². The number of carbonyl (C=O) groups is 2. The van der Waals surface area contributed by atoms with Crippen molar-refractivity contribution in [2.45, 2.75) is 38.6 Å². The van der Waals surface area contributed by atoms with Crippen LogP contribution in [0, 0.1) is 23.6 Å². The van der Waals surface area contributed by atoms with Crippen molar-refractivity contribution in [3.63, 3.8) is 0 Å². The molecule has 2 aliphatic heterocycles. The predicted octanol–water partition coefficient (Wildman–Crippen LogP) is 5.45. The molecule has 10 heteroatoms. The lowest BCUT2D eigenvalue weighted by Crippen LogP contribution is -2.46. The van der Waals surface area contributed by atoms with Gasteiger partial charge in [-0.25, -0.2) is 4.39 Å². The summed E-state index contributed by atoms with van der Waals surface area (Å²) in [6.07, 6.45) is 2.69. The van der Waals surface area contributed by atoms with Crippen LogP contribution < -0.4 is 10.2 Å². The van der Waals surface area contributed by atoms with Gasteiger partial charge in [0.25, 0.3) is 0 Å². The molecule has 2 heterocycles. The number of anilines is 3. The Bertz CT molecular complexity index is 1630. The first-order chi connectivity index (χ1) is 21.2. The summed E-state index contributed by atoms with van der Waals surface area (Å²) in [5.41, 5.74) is 5.23. The van der Waals surface area contributed by atoms with Crippen LogP contribution in [0.5, 0.6) is 5.75 Å². The minimum absolute atomic E-state index is 0.158. The largest absolute Gasteiger partial charge is 0.505 e. The van der Waals surface area contributed by atoms with E-state index in [0.29, 0.717) is 29.7 Å². The highest BCUT2D eigenvalue weighted by molar-refractivity contribution is 6.43. The van der Waals surface area contributed by atoms with E-state index in [1.54, 1.807) is 18.2 Å². The van der Waals surface area contributed by atoms with Gasteiger partial charge < -0.3 is 25.2 Å². The third kappa shape index (κ3) is 5.80. The number of allylic oxidation sites excluding steroid dienone is 1. The normalized spacial score (nSPS) is 23.6. The molecule has 0 radical (unpaired) electrons. The molecule has 0 spiro atoms. The number of aliphatic hydroxyl groups excluding tert-OH is 1. The minimum Gasteiger partial charge on any atom is -0.505 e. The monoisotopic (exact) mass is 596 g/mol. The van der Waals surface area contributed by atoms with E-state index in [2.05, 4.69) is 5.32 Å². The van der Waals surface area contributed by atoms with Gasteiger partial charge >= 0.3 is 7.12 Å². The maximum absolute atomic E-state index is 13.9. The second-order valence-electron chi connectivity index (χ2n) is 11.8. The van der Waals surface area contributed by atoms with E-state index < -0.39 is 42.5 Å². The Morgan fingerprint density at radius 2 is 1.77 bits per heavy atom.